The molecule has 1 aliphatic rings. The minimum Gasteiger partial charge on any atom is -0.388 e. The minimum absolute atomic E-state index is 0.121. The molecule has 0 radical (unpaired) electrons. The smallest absolute Gasteiger partial charge is 0.0846 e. The first-order valence-electron chi connectivity index (χ1n) is 7.70. The minimum atomic E-state index is -0.295. The van der Waals surface area contributed by atoms with Crippen LogP contribution in [0.1, 0.15) is 68.7 Å². The fourth-order valence-electron chi connectivity index (χ4n) is 3.77. The van der Waals surface area contributed by atoms with Gasteiger partial charge >= 0.3 is 0 Å². The SMILES string of the molecule is Cc1ccc(C(O)C2(CC(C)C)CCCC2)cc1C. The normalized spacial score (nSPS) is 19.9. The Labute approximate surface area is 118 Å². The zero-order valence-corrected chi connectivity index (χ0v) is 12.9. The second-order valence-electron chi connectivity index (χ2n) is 6.91. The lowest BCUT2D eigenvalue weighted by Crippen LogP contribution is -2.27. The van der Waals surface area contributed by atoms with Crippen molar-refractivity contribution < 1.29 is 5.11 Å². The quantitative estimate of drug-likeness (QED) is 0.812. The van der Waals surface area contributed by atoms with Crippen molar-refractivity contribution in [3.63, 3.8) is 0 Å². The van der Waals surface area contributed by atoms with Gasteiger partial charge in [0.25, 0.3) is 0 Å². The molecule has 2 rings (SSSR count). The molecule has 0 heterocycles. The molecule has 0 aromatic heterocycles. The monoisotopic (exact) mass is 260 g/mol. The predicted molar refractivity (Wildman–Crippen MR) is 81.2 cm³/mol. The van der Waals surface area contributed by atoms with E-state index in [9.17, 15) is 5.11 Å². The highest BCUT2D eigenvalue weighted by atomic mass is 16.3. The zero-order valence-electron chi connectivity index (χ0n) is 12.9. The van der Waals surface area contributed by atoms with E-state index in [0.717, 1.165) is 12.0 Å². The summed E-state index contributed by atoms with van der Waals surface area (Å²) in [6, 6.07) is 6.44. The third kappa shape index (κ3) is 3.02. The largest absolute Gasteiger partial charge is 0.388 e. The first-order chi connectivity index (χ1) is 8.94. The van der Waals surface area contributed by atoms with Crippen LogP contribution in [0.15, 0.2) is 18.2 Å². The molecule has 0 bridgehead atoms. The molecule has 1 fully saturated rings. The van der Waals surface area contributed by atoms with Crippen LogP contribution < -0.4 is 0 Å². The standard InChI is InChI=1S/C18H28O/c1-13(2)12-18(9-5-6-10-18)17(19)16-8-7-14(3)15(4)11-16/h7-8,11,13,17,19H,5-6,9-10,12H2,1-4H3. The summed E-state index contributed by atoms with van der Waals surface area (Å²) in [6.07, 6.45) is 5.75. The maximum Gasteiger partial charge on any atom is 0.0846 e. The number of rotatable bonds is 4. The summed E-state index contributed by atoms with van der Waals surface area (Å²) in [5.74, 6) is 0.652. The Hall–Kier alpha value is -0.820. The highest BCUT2D eigenvalue weighted by Crippen LogP contribution is 2.51. The van der Waals surface area contributed by atoms with Crippen molar-refractivity contribution in [2.24, 2.45) is 11.3 Å². The van der Waals surface area contributed by atoms with Crippen LogP contribution in [0.5, 0.6) is 0 Å². The highest BCUT2D eigenvalue weighted by molar-refractivity contribution is 5.32. The van der Waals surface area contributed by atoms with Crippen LogP contribution in [0.3, 0.4) is 0 Å². The topological polar surface area (TPSA) is 20.2 Å². The molecule has 1 nitrogen and oxygen atoms in total. The number of aliphatic hydroxyl groups excluding tert-OH is 1. The van der Waals surface area contributed by atoms with Gasteiger partial charge in [0.05, 0.1) is 6.10 Å². The van der Waals surface area contributed by atoms with E-state index in [2.05, 4.69) is 45.9 Å². The van der Waals surface area contributed by atoms with Crippen molar-refractivity contribution in [1.29, 1.82) is 0 Å². The molecule has 1 aliphatic carbocycles. The van der Waals surface area contributed by atoms with E-state index in [-0.39, 0.29) is 11.5 Å². The van der Waals surface area contributed by atoms with Crippen molar-refractivity contribution in [2.45, 2.75) is 65.9 Å². The zero-order chi connectivity index (χ0) is 14.0. The molecular weight excluding hydrogens is 232 g/mol. The summed E-state index contributed by atoms with van der Waals surface area (Å²) in [4.78, 5) is 0. The van der Waals surface area contributed by atoms with E-state index in [4.69, 9.17) is 0 Å². The van der Waals surface area contributed by atoms with E-state index in [1.54, 1.807) is 0 Å². The van der Waals surface area contributed by atoms with Gasteiger partial charge in [0, 0.05) is 5.41 Å². The molecular formula is C18H28O. The molecule has 1 aromatic rings. The molecule has 0 amide bonds. The number of benzene rings is 1. The van der Waals surface area contributed by atoms with Crippen LogP contribution in [-0.2, 0) is 0 Å². The van der Waals surface area contributed by atoms with Crippen molar-refractivity contribution in [1.82, 2.24) is 0 Å². The van der Waals surface area contributed by atoms with Crippen molar-refractivity contribution in [3.05, 3.63) is 34.9 Å². The average molecular weight is 260 g/mol. The van der Waals surface area contributed by atoms with Crippen molar-refractivity contribution in [3.8, 4) is 0 Å². The molecule has 0 spiro atoms. The molecule has 1 heteroatoms. The third-order valence-corrected chi connectivity index (χ3v) is 4.84. The van der Waals surface area contributed by atoms with Gasteiger partial charge in [-0.1, -0.05) is 44.9 Å². The molecule has 0 aliphatic heterocycles. The van der Waals surface area contributed by atoms with E-state index in [0.29, 0.717) is 5.92 Å². The Balaban J connectivity index is 2.28. The lowest BCUT2D eigenvalue weighted by Gasteiger charge is -2.36. The number of aryl methyl sites for hydroxylation is 2. The molecule has 1 N–H and O–H groups in total. The van der Waals surface area contributed by atoms with Gasteiger partial charge in [-0.2, -0.15) is 0 Å². The van der Waals surface area contributed by atoms with Gasteiger partial charge in [-0.05, 0) is 55.7 Å². The molecule has 0 saturated heterocycles. The van der Waals surface area contributed by atoms with Crippen LogP contribution >= 0.6 is 0 Å². The van der Waals surface area contributed by atoms with E-state index < -0.39 is 0 Å². The maximum atomic E-state index is 10.9. The molecule has 1 saturated carbocycles. The van der Waals surface area contributed by atoms with Crippen molar-refractivity contribution in [2.75, 3.05) is 0 Å². The predicted octanol–water partition coefficient (Wildman–Crippen LogP) is 4.94. The van der Waals surface area contributed by atoms with E-state index in [1.807, 2.05) is 0 Å². The summed E-state index contributed by atoms with van der Waals surface area (Å²) in [7, 11) is 0. The molecule has 19 heavy (non-hydrogen) atoms. The number of hydrogen-bond donors (Lipinski definition) is 1. The lowest BCUT2D eigenvalue weighted by molar-refractivity contribution is 0.0111. The van der Waals surface area contributed by atoms with Gasteiger partial charge in [-0.25, -0.2) is 0 Å². The fourth-order valence-corrected chi connectivity index (χ4v) is 3.77. The second kappa shape index (κ2) is 5.66. The first-order valence-corrected chi connectivity index (χ1v) is 7.70. The van der Waals surface area contributed by atoms with Gasteiger partial charge < -0.3 is 5.11 Å². The number of hydrogen-bond acceptors (Lipinski definition) is 1. The van der Waals surface area contributed by atoms with Crippen LogP contribution in [0.4, 0.5) is 0 Å². The summed E-state index contributed by atoms with van der Waals surface area (Å²) in [6.45, 7) is 8.81. The first kappa shape index (κ1) is 14.6. The summed E-state index contributed by atoms with van der Waals surface area (Å²) >= 11 is 0. The summed E-state index contributed by atoms with van der Waals surface area (Å²) in [5, 5.41) is 10.9. The Morgan fingerprint density at radius 2 is 1.74 bits per heavy atom. The van der Waals surface area contributed by atoms with Crippen LogP contribution in [0.25, 0.3) is 0 Å². The molecule has 1 atom stereocenters. The van der Waals surface area contributed by atoms with Crippen molar-refractivity contribution >= 4 is 0 Å². The van der Waals surface area contributed by atoms with Gasteiger partial charge in [-0.15, -0.1) is 0 Å². The Morgan fingerprint density at radius 3 is 2.26 bits per heavy atom. The fraction of sp³-hybridized carbons (Fsp3) is 0.667. The average Bonchev–Trinajstić information content (AvgIpc) is 2.80. The Morgan fingerprint density at radius 1 is 1.11 bits per heavy atom. The van der Waals surface area contributed by atoms with Crippen LogP contribution in [0.2, 0.25) is 0 Å². The number of aliphatic hydroxyl groups is 1. The molecule has 1 aromatic carbocycles. The van der Waals surface area contributed by atoms with E-state index in [1.165, 1.54) is 36.8 Å². The lowest BCUT2D eigenvalue weighted by atomic mass is 9.71. The molecule has 1 unspecified atom stereocenters. The van der Waals surface area contributed by atoms with Gasteiger partial charge in [-0.3, -0.25) is 0 Å². The molecule has 106 valence electrons. The second-order valence-corrected chi connectivity index (χ2v) is 6.91. The van der Waals surface area contributed by atoms with Gasteiger partial charge in [0.1, 0.15) is 0 Å². The summed E-state index contributed by atoms with van der Waals surface area (Å²) < 4.78 is 0. The Bertz CT molecular complexity index is 427. The van der Waals surface area contributed by atoms with E-state index >= 15 is 0 Å². The highest BCUT2D eigenvalue weighted by Gasteiger charge is 2.41. The van der Waals surface area contributed by atoms with Crippen LogP contribution in [0, 0.1) is 25.2 Å². The van der Waals surface area contributed by atoms with Gasteiger partial charge in [0.2, 0.25) is 0 Å². The third-order valence-electron chi connectivity index (χ3n) is 4.84. The van der Waals surface area contributed by atoms with Crippen LogP contribution in [-0.4, -0.2) is 5.11 Å². The maximum absolute atomic E-state index is 10.9. The van der Waals surface area contributed by atoms with Gasteiger partial charge in [0.15, 0.2) is 0 Å². The Kier molecular flexibility index (Phi) is 4.35. The summed E-state index contributed by atoms with van der Waals surface area (Å²) in [5.41, 5.74) is 3.83.